The van der Waals surface area contributed by atoms with Crippen molar-refractivity contribution in [3.05, 3.63) is 35.4 Å². The molecule has 0 aliphatic carbocycles. The van der Waals surface area contributed by atoms with Crippen LogP contribution in [-0.4, -0.2) is 36.9 Å². The Labute approximate surface area is 165 Å². The minimum Gasteiger partial charge on any atom is -0.368 e. The van der Waals surface area contributed by atoms with E-state index in [-0.39, 0.29) is 38.0 Å². The molecule has 0 bridgehead atoms. The summed E-state index contributed by atoms with van der Waals surface area (Å²) in [4.78, 5) is 35.3. The molecule has 8 nitrogen and oxygen atoms in total. The Bertz CT molecular complexity index is 710. The lowest BCUT2D eigenvalue weighted by atomic mass is 10.1. The Morgan fingerprint density at radius 1 is 1.07 bits per heavy atom. The van der Waals surface area contributed by atoms with Gasteiger partial charge >= 0.3 is 7.60 Å². The Morgan fingerprint density at radius 2 is 1.64 bits per heavy atom. The van der Waals surface area contributed by atoms with Crippen molar-refractivity contribution in [1.82, 2.24) is 5.32 Å². The highest BCUT2D eigenvalue weighted by Gasteiger charge is 2.24. The number of carbonyl (C=O) groups excluding carboxylic acids is 3. The van der Waals surface area contributed by atoms with Gasteiger partial charge in [0.25, 0.3) is 5.91 Å². The molecule has 9 heteroatoms. The van der Waals surface area contributed by atoms with Crippen LogP contribution in [0.4, 0.5) is 0 Å². The van der Waals surface area contributed by atoms with Gasteiger partial charge < -0.3 is 20.1 Å². The first-order valence-corrected chi connectivity index (χ1v) is 11.1. The smallest absolute Gasteiger partial charge is 0.335 e. The van der Waals surface area contributed by atoms with Crippen molar-refractivity contribution in [2.45, 2.75) is 52.2 Å². The molecular weight excluding hydrogens is 383 g/mol. The van der Waals surface area contributed by atoms with E-state index in [1.165, 1.54) is 0 Å². The van der Waals surface area contributed by atoms with E-state index in [4.69, 9.17) is 14.8 Å². The van der Waals surface area contributed by atoms with E-state index < -0.39 is 25.5 Å². The fourth-order valence-corrected chi connectivity index (χ4v) is 4.22. The molecule has 3 N–H and O–H groups in total. The average Bonchev–Trinajstić information content (AvgIpc) is 2.65. The van der Waals surface area contributed by atoms with Gasteiger partial charge in [-0.25, -0.2) is 0 Å². The normalized spacial score (nSPS) is 12.4. The highest BCUT2D eigenvalue weighted by molar-refractivity contribution is 7.53. The van der Waals surface area contributed by atoms with E-state index in [0.29, 0.717) is 17.5 Å². The summed E-state index contributed by atoms with van der Waals surface area (Å²) in [6, 6.07) is 5.50. The van der Waals surface area contributed by atoms with Crippen molar-refractivity contribution < 1.29 is 28.0 Å². The average molecular weight is 412 g/mol. The fraction of sp³-hybridized carbons (Fsp3) is 0.526. The molecule has 156 valence electrons. The molecule has 1 rings (SSSR count). The molecule has 0 spiro atoms. The number of ketones is 1. The third-order valence-corrected chi connectivity index (χ3v) is 6.05. The summed E-state index contributed by atoms with van der Waals surface area (Å²) in [6.45, 7) is 5.75. The Kier molecular flexibility index (Phi) is 10.1. The van der Waals surface area contributed by atoms with Crippen molar-refractivity contribution >= 4 is 25.2 Å². The Hall–Kier alpha value is -2.02. The lowest BCUT2D eigenvalue weighted by molar-refractivity contribution is -0.121. The lowest BCUT2D eigenvalue weighted by Gasteiger charge is -2.17. The quantitative estimate of drug-likeness (QED) is 0.480. The third-order valence-electron chi connectivity index (χ3n) is 4.00. The zero-order valence-electron chi connectivity index (χ0n) is 16.6. The first-order chi connectivity index (χ1) is 13.2. The number of carbonyl (C=O) groups is 3. The second-order valence-corrected chi connectivity index (χ2v) is 8.22. The first-order valence-electron chi connectivity index (χ1n) is 9.33. The predicted octanol–water partition coefficient (Wildman–Crippen LogP) is 2.80. The van der Waals surface area contributed by atoms with E-state index in [1.54, 1.807) is 45.0 Å². The van der Waals surface area contributed by atoms with Crippen molar-refractivity contribution in [2.24, 2.45) is 5.73 Å². The third kappa shape index (κ3) is 7.92. The minimum atomic E-state index is -3.23. The summed E-state index contributed by atoms with van der Waals surface area (Å²) >= 11 is 0. The number of hydrogen-bond acceptors (Lipinski definition) is 6. The van der Waals surface area contributed by atoms with Gasteiger partial charge in [-0.15, -0.1) is 0 Å². The summed E-state index contributed by atoms with van der Waals surface area (Å²) in [5.74, 6) is -1.17. The number of Topliss-reactive ketones (excluding diaryl/α,β-unsaturated/α-hetero) is 1. The standard InChI is InChI=1S/C19H29N2O6P/c1-4-16(22)11-12-17(18(20)23)21-19(24)15-9-7-14(8-10-15)13-28(25,26-5-2)27-6-3/h7-10,17H,4-6,11-13H2,1-3H3,(H2,20,23)(H,21,24)/t17-/m0/s1. The summed E-state index contributed by atoms with van der Waals surface area (Å²) in [5.41, 5.74) is 6.33. The van der Waals surface area contributed by atoms with Gasteiger partial charge in [-0.1, -0.05) is 19.1 Å². The van der Waals surface area contributed by atoms with Crippen LogP contribution in [0.1, 0.15) is 56.0 Å². The molecule has 0 saturated heterocycles. The summed E-state index contributed by atoms with van der Waals surface area (Å²) < 4.78 is 23.1. The van der Waals surface area contributed by atoms with Gasteiger partial charge in [0.15, 0.2) is 0 Å². The molecule has 2 amide bonds. The molecule has 28 heavy (non-hydrogen) atoms. The zero-order chi connectivity index (χ0) is 21.2. The van der Waals surface area contributed by atoms with Crippen molar-refractivity contribution in [3.8, 4) is 0 Å². The van der Waals surface area contributed by atoms with Gasteiger partial charge in [0.2, 0.25) is 5.91 Å². The second-order valence-electron chi connectivity index (χ2n) is 6.16. The van der Waals surface area contributed by atoms with Crippen LogP contribution in [0.2, 0.25) is 0 Å². The van der Waals surface area contributed by atoms with Gasteiger partial charge in [-0.2, -0.15) is 0 Å². The van der Waals surface area contributed by atoms with Crippen molar-refractivity contribution in [3.63, 3.8) is 0 Å². The molecule has 0 saturated carbocycles. The van der Waals surface area contributed by atoms with E-state index in [9.17, 15) is 18.9 Å². The molecule has 0 aromatic heterocycles. The van der Waals surface area contributed by atoms with E-state index in [2.05, 4.69) is 5.32 Å². The van der Waals surface area contributed by atoms with Crippen LogP contribution in [0.25, 0.3) is 0 Å². The summed E-state index contributed by atoms with van der Waals surface area (Å²) in [5, 5.41) is 2.55. The van der Waals surface area contributed by atoms with Crippen LogP contribution >= 0.6 is 7.60 Å². The zero-order valence-corrected chi connectivity index (χ0v) is 17.5. The predicted molar refractivity (Wildman–Crippen MR) is 106 cm³/mol. The maximum atomic E-state index is 12.6. The van der Waals surface area contributed by atoms with Gasteiger partial charge in [0.05, 0.1) is 19.4 Å². The summed E-state index contributed by atoms with van der Waals surface area (Å²) in [6.07, 6.45) is 0.805. The van der Waals surface area contributed by atoms with Crippen LogP contribution in [-0.2, 0) is 29.4 Å². The maximum Gasteiger partial charge on any atom is 0.335 e. The number of benzene rings is 1. The molecule has 0 fully saturated rings. The molecule has 0 heterocycles. The van der Waals surface area contributed by atoms with E-state index in [1.807, 2.05) is 0 Å². The maximum absolute atomic E-state index is 12.6. The first kappa shape index (κ1) is 24.0. The van der Waals surface area contributed by atoms with E-state index in [0.717, 1.165) is 0 Å². The molecule has 1 atom stereocenters. The highest BCUT2D eigenvalue weighted by atomic mass is 31.2. The second kappa shape index (κ2) is 11.7. The van der Waals surface area contributed by atoms with Gasteiger partial charge in [-0.3, -0.25) is 18.9 Å². The molecule has 0 aliphatic rings. The molecule has 0 aliphatic heterocycles. The van der Waals surface area contributed by atoms with Crippen LogP contribution in [0.5, 0.6) is 0 Å². The Balaban J connectivity index is 2.77. The number of nitrogens with one attached hydrogen (secondary N) is 1. The number of primary amides is 1. The van der Waals surface area contributed by atoms with Crippen LogP contribution in [0.3, 0.4) is 0 Å². The summed E-state index contributed by atoms with van der Waals surface area (Å²) in [7, 11) is -3.23. The van der Waals surface area contributed by atoms with Gasteiger partial charge in [0, 0.05) is 18.4 Å². The lowest BCUT2D eigenvalue weighted by Crippen LogP contribution is -2.44. The molecule has 1 aromatic rings. The fourth-order valence-electron chi connectivity index (χ4n) is 2.52. The highest BCUT2D eigenvalue weighted by Crippen LogP contribution is 2.51. The number of amides is 2. The van der Waals surface area contributed by atoms with Crippen molar-refractivity contribution in [2.75, 3.05) is 13.2 Å². The molecule has 1 aromatic carbocycles. The number of nitrogens with two attached hydrogens (primary N) is 1. The number of hydrogen-bond donors (Lipinski definition) is 2. The van der Waals surface area contributed by atoms with Gasteiger partial charge in [-0.05, 0) is 38.0 Å². The van der Waals surface area contributed by atoms with Crippen molar-refractivity contribution in [1.29, 1.82) is 0 Å². The number of rotatable bonds is 13. The SMILES string of the molecule is CCOP(=O)(Cc1ccc(C(=O)N[C@@H](CCC(=O)CC)C(N)=O)cc1)OCC. The largest absolute Gasteiger partial charge is 0.368 e. The molecule has 0 radical (unpaired) electrons. The van der Waals surface area contributed by atoms with Gasteiger partial charge in [0.1, 0.15) is 11.8 Å². The molecule has 0 unspecified atom stereocenters. The van der Waals surface area contributed by atoms with Crippen LogP contribution in [0, 0.1) is 0 Å². The molecular formula is C19H29N2O6P. The van der Waals surface area contributed by atoms with Crippen LogP contribution < -0.4 is 11.1 Å². The van der Waals surface area contributed by atoms with E-state index >= 15 is 0 Å². The minimum absolute atomic E-state index is 0.00196. The Morgan fingerprint density at radius 3 is 2.11 bits per heavy atom. The van der Waals surface area contributed by atoms with Crippen LogP contribution in [0.15, 0.2) is 24.3 Å². The monoisotopic (exact) mass is 412 g/mol. The topological polar surface area (TPSA) is 125 Å².